The van der Waals surface area contributed by atoms with Gasteiger partial charge in [-0.15, -0.1) is 0 Å². The summed E-state index contributed by atoms with van der Waals surface area (Å²) in [6.07, 6.45) is 2.12. The summed E-state index contributed by atoms with van der Waals surface area (Å²) in [5.74, 6) is -5.55. The van der Waals surface area contributed by atoms with Crippen molar-refractivity contribution in [2.45, 2.75) is 104 Å². The molecule has 0 radical (unpaired) electrons. The molecule has 0 bridgehead atoms. The molecule has 2 aromatic rings. The summed E-state index contributed by atoms with van der Waals surface area (Å²) in [5.41, 5.74) is 6.94. The lowest BCUT2D eigenvalue weighted by Crippen LogP contribution is -2.61. The Morgan fingerprint density at radius 3 is 1.88 bits per heavy atom. The SMILES string of the molecule is CC[C@@H](C)[C@@H]1NC(=O)[C@@H](CC(C)C)NC(=O)[C@H](CC(C)C)NC(=O)[C@H](Cc2c[nH]c3ccccc23)NC(=O)CNC(=O)[C@H](CC(N)=O)NC1=O. The number of aromatic amines is 1. The zero-order valence-electron chi connectivity index (χ0n) is 29.7. The summed E-state index contributed by atoms with van der Waals surface area (Å²) in [7, 11) is 0. The number of H-pyrrole nitrogens is 1. The van der Waals surface area contributed by atoms with E-state index in [4.69, 9.17) is 5.73 Å². The maximum Gasteiger partial charge on any atom is 0.243 e. The van der Waals surface area contributed by atoms with Crippen molar-refractivity contribution < 1.29 is 33.6 Å². The van der Waals surface area contributed by atoms with Gasteiger partial charge in [-0.05, 0) is 42.2 Å². The van der Waals surface area contributed by atoms with Crippen LogP contribution in [0, 0.1) is 17.8 Å². The number of fused-ring (bicyclic) bond motifs is 1. The highest BCUT2D eigenvalue weighted by molar-refractivity contribution is 5.99. The molecule has 1 aliphatic rings. The summed E-state index contributed by atoms with van der Waals surface area (Å²) in [6, 6.07) is 1.55. The number of hydrogen-bond acceptors (Lipinski definition) is 7. The number of nitrogens with one attached hydrogen (secondary N) is 7. The van der Waals surface area contributed by atoms with E-state index in [1.165, 1.54) is 0 Å². The largest absolute Gasteiger partial charge is 0.370 e. The molecule has 9 N–H and O–H groups in total. The van der Waals surface area contributed by atoms with Crippen LogP contribution >= 0.6 is 0 Å². The molecule has 15 nitrogen and oxygen atoms in total. The van der Waals surface area contributed by atoms with Crippen molar-refractivity contribution in [1.82, 2.24) is 36.9 Å². The smallest absolute Gasteiger partial charge is 0.243 e. The fraction of sp³-hybridized carbons (Fsp3) is 0.571. The van der Waals surface area contributed by atoms with Gasteiger partial charge in [-0.1, -0.05) is 66.2 Å². The molecule has 274 valence electrons. The zero-order valence-corrected chi connectivity index (χ0v) is 29.7. The molecule has 15 heteroatoms. The third-order valence-electron chi connectivity index (χ3n) is 8.69. The van der Waals surface area contributed by atoms with Crippen molar-refractivity contribution in [3.8, 4) is 0 Å². The van der Waals surface area contributed by atoms with Crippen LogP contribution in [0.4, 0.5) is 0 Å². The van der Waals surface area contributed by atoms with Crippen LogP contribution in [0.2, 0.25) is 0 Å². The monoisotopic (exact) mass is 696 g/mol. The first-order valence-electron chi connectivity index (χ1n) is 17.2. The van der Waals surface area contributed by atoms with Gasteiger partial charge in [-0.3, -0.25) is 33.6 Å². The van der Waals surface area contributed by atoms with Crippen LogP contribution in [-0.4, -0.2) is 83.1 Å². The molecule has 50 heavy (non-hydrogen) atoms. The predicted molar refractivity (Wildman–Crippen MR) is 187 cm³/mol. The summed E-state index contributed by atoms with van der Waals surface area (Å²) in [4.78, 5) is 96.6. The number of primary amides is 1. The first-order valence-corrected chi connectivity index (χ1v) is 17.2. The normalized spacial score (nSPS) is 24.0. The molecule has 1 aromatic heterocycles. The summed E-state index contributed by atoms with van der Waals surface area (Å²) < 4.78 is 0. The van der Waals surface area contributed by atoms with Crippen molar-refractivity contribution in [3.63, 3.8) is 0 Å². The van der Waals surface area contributed by atoms with E-state index in [-0.39, 0.29) is 31.1 Å². The van der Waals surface area contributed by atoms with Gasteiger partial charge < -0.3 is 42.6 Å². The van der Waals surface area contributed by atoms with E-state index in [1.807, 2.05) is 58.9 Å². The topological polar surface area (TPSA) is 233 Å². The lowest BCUT2D eigenvalue weighted by atomic mass is 9.95. The predicted octanol–water partition coefficient (Wildman–Crippen LogP) is 0.278. The molecule has 3 rings (SSSR count). The average molecular weight is 697 g/mol. The number of benzene rings is 1. The maximum absolute atomic E-state index is 13.9. The van der Waals surface area contributed by atoms with Crippen LogP contribution in [0.15, 0.2) is 30.5 Å². The van der Waals surface area contributed by atoms with Crippen LogP contribution in [0.5, 0.6) is 0 Å². The highest BCUT2D eigenvalue weighted by atomic mass is 16.2. The Morgan fingerprint density at radius 1 is 0.740 bits per heavy atom. The molecule has 1 aromatic carbocycles. The third kappa shape index (κ3) is 11.3. The maximum atomic E-state index is 13.9. The number of aromatic nitrogens is 1. The van der Waals surface area contributed by atoms with Crippen LogP contribution in [0.3, 0.4) is 0 Å². The molecule has 6 atom stereocenters. The van der Waals surface area contributed by atoms with E-state index < -0.39 is 90.4 Å². The number of amides is 7. The number of hydrogen-bond donors (Lipinski definition) is 8. The highest BCUT2D eigenvalue weighted by Crippen LogP contribution is 2.20. The van der Waals surface area contributed by atoms with Gasteiger partial charge in [0.05, 0.1) is 13.0 Å². The van der Waals surface area contributed by atoms with E-state index in [2.05, 4.69) is 36.9 Å². The second-order valence-electron chi connectivity index (χ2n) is 13.9. The lowest BCUT2D eigenvalue weighted by molar-refractivity contribution is -0.137. The Hall–Kier alpha value is -4.95. The molecule has 0 aliphatic carbocycles. The Kier molecular flexibility index (Phi) is 14.3. The van der Waals surface area contributed by atoms with E-state index in [9.17, 15) is 33.6 Å². The molecular weight excluding hydrogens is 644 g/mol. The first kappa shape index (κ1) is 39.5. The van der Waals surface area contributed by atoms with Crippen molar-refractivity contribution >= 4 is 52.3 Å². The second kappa shape index (κ2) is 18.2. The van der Waals surface area contributed by atoms with Crippen molar-refractivity contribution in [3.05, 3.63) is 36.0 Å². The molecule has 1 saturated heterocycles. The van der Waals surface area contributed by atoms with Crippen LogP contribution in [0.1, 0.15) is 72.8 Å². The lowest BCUT2D eigenvalue weighted by Gasteiger charge is -2.30. The van der Waals surface area contributed by atoms with Crippen molar-refractivity contribution in [2.75, 3.05) is 6.54 Å². The Bertz CT molecular complexity index is 1550. The molecule has 1 fully saturated rings. The van der Waals surface area contributed by atoms with Gasteiger partial charge >= 0.3 is 0 Å². The van der Waals surface area contributed by atoms with E-state index >= 15 is 0 Å². The fourth-order valence-electron chi connectivity index (χ4n) is 5.84. The highest BCUT2D eigenvalue weighted by Gasteiger charge is 2.35. The average Bonchev–Trinajstić information content (AvgIpc) is 3.45. The second-order valence-corrected chi connectivity index (χ2v) is 13.9. The molecule has 0 unspecified atom stereocenters. The zero-order chi connectivity index (χ0) is 37.1. The Morgan fingerprint density at radius 2 is 1.30 bits per heavy atom. The molecular formula is C35H52N8O7. The number of carbonyl (C=O) groups excluding carboxylic acids is 7. The van der Waals surface area contributed by atoms with Crippen LogP contribution < -0.4 is 37.6 Å². The van der Waals surface area contributed by atoms with E-state index in [0.29, 0.717) is 6.42 Å². The fourth-order valence-corrected chi connectivity index (χ4v) is 5.84. The summed E-state index contributed by atoms with van der Waals surface area (Å²) >= 11 is 0. The number of nitrogens with two attached hydrogens (primary N) is 1. The molecule has 1 aliphatic heterocycles. The minimum absolute atomic E-state index is 0.0371. The molecule has 7 amide bonds. The van der Waals surface area contributed by atoms with Crippen LogP contribution in [-0.2, 0) is 40.0 Å². The van der Waals surface area contributed by atoms with Crippen LogP contribution in [0.25, 0.3) is 10.9 Å². The van der Waals surface area contributed by atoms with Gasteiger partial charge in [-0.25, -0.2) is 0 Å². The van der Waals surface area contributed by atoms with E-state index in [0.717, 1.165) is 16.5 Å². The van der Waals surface area contributed by atoms with Gasteiger partial charge in [-0.2, -0.15) is 0 Å². The van der Waals surface area contributed by atoms with Gasteiger partial charge in [0.15, 0.2) is 0 Å². The Labute approximate surface area is 292 Å². The quantitative estimate of drug-likeness (QED) is 0.173. The van der Waals surface area contributed by atoms with Gasteiger partial charge in [0.25, 0.3) is 0 Å². The molecule has 0 saturated carbocycles. The summed E-state index contributed by atoms with van der Waals surface area (Å²) in [5, 5.41) is 16.7. The van der Waals surface area contributed by atoms with E-state index in [1.54, 1.807) is 13.1 Å². The Balaban J connectivity index is 2.05. The van der Waals surface area contributed by atoms with Crippen molar-refractivity contribution in [1.29, 1.82) is 0 Å². The number of carbonyl (C=O) groups is 7. The van der Waals surface area contributed by atoms with Gasteiger partial charge in [0.2, 0.25) is 41.4 Å². The minimum atomic E-state index is -1.46. The van der Waals surface area contributed by atoms with Gasteiger partial charge in [0.1, 0.15) is 30.2 Å². The van der Waals surface area contributed by atoms with Gasteiger partial charge in [0, 0.05) is 23.5 Å². The first-order chi connectivity index (χ1) is 23.6. The number of rotatable bonds is 10. The standard InChI is InChI=1S/C35H52N8O7/c1-7-20(6)30-35(50)42-27(15-28(36)44)31(46)38-17-29(45)39-26(14-21-16-37-23-11-9-8-10-22(21)23)33(48)40-24(12-18(2)3)32(47)41-25(13-19(4)5)34(49)43-30/h8-11,16,18-20,24-27,30,37H,7,12-15,17H2,1-6H3,(H2,36,44)(H,38,46)(H,39,45)(H,40,48)(H,41,47)(H,42,50)(H,43,49)/t20-,24+,25-,26+,27+,30+/m1/s1. The molecule has 2 heterocycles. The number of para-hydroxylation sites is 1. The molecule has 0 spiro atoms. The minimum Gasteiger partial charge on any atom is -0.370 e. The third-order valence-corrected chi connectivity index (χ3v) is 8.69. The summed E-state index contributed by atoms with van der Waals surface area (Å²) in [6.45, 7) is 10.5. The van der Waals surface area contributed by atoms with Crippen molar-refractivity contribution in [2.24, 2.45) is 23.5 Å².